The lowest BCUT2D eigenvalue weighted by Crippen LogP contribution is -2.56. The largest absolute Gasteiger partial charge is 0.504 e. The van der Waals surface area contributed by atoms with Gasteiger partial charge in [-0.2, -0.15) is 0 Å². The zero-order valence-corrected chi connectivity index (χ0v) is 19.8. The second-order valence-corrected chi connectivity index (χ2v) is 9.45. The molecule has 3 aliphatic rings. The molecule has 0 bridgehead atoms. The van der Waals surface area contributed by atoms with Crippen LogP contribution in [0.5, 0.6) is 11.5 Å². The first-order valence-corrected chi connectivity index (χ1v) is 12.4. The van der Waals surface area contributed by atoms with Gasteiger partial charge in [0, 0.05) is 18.7 Å². The number of piperidine rings is 1. The van der Waals surface area contributed by atoms with E-state index in [0.29, 0.717) is 38.5 Å². The minimum absolute atomic E-state index is 0.0425. The molecule has 3 saturated heterocycles. The van der Waals surface area contributed by atoms with Crippen molar-refractivity contribution in [1.82, 2.24) is 15.1 Å². The third-order valence-electron chi connectivity index (χ3n) is 7.32. The van der Waals surface area contributed by atoms with Crippen molar-refractivity contribution in [3.8, 4) is 11.5 Å². The molecular formula is C25H37N3O5. The Kier molecular flexibility index (Phi) is 7.44. The number of para-hydroxylation sites is 1. The summed E-state index contributed by atoms with van der Waals surface area (Å²) < 4.78 is 11.2. The quantitative estimate of drug-likeness (QED) is 0.551. The lowest BCUT2D eigenvalue weighted by atomic mass is 9.74. The SMILES string of the molecule is CCC[C@]1(C2CCN(Cc3cccc(OCC)c3O)CC2)NC(=O)N(C[C@@H]2CCCO2)C1=O. The summed E-state index contributed by atoms with van der Waals surface area (Å²) >= 11 is 0. The molecular weight excluding hydrogens is 422 g/mol. The second kappa shape index (κ2) is 10.3. The van der Waals surface area contributed by atoms with Gasteiger partial charge in [0.25, 0.3) is 5.91 Å². The Hall–Kier alpha value is -2.32. The predicted molar refractivity (Wildman–Crippen MR) is 124 cm³/mol. The molecule has 1 aromatic carbocycles. The number of phenols is 1. The van der Waals surface area contributed by atoms with E-state index in [-0.39, 0.29) is 29.7 Å². The summed E-state index contributed by atoms with van der Waals surface area (Å²) in [7, 11) is 0. The van der Waals surface area contributed by atoms with Crippen LogP contribution in [0.15, 0.2) is 18.2 Å². The van der Waals surface area contributed by atoms with E-state index in [1.807, 2.05) is 19.1 Å². The number of amides is 3. The number of hydrogen-bond donors (Lipinski definition) is 2. The Labute approximate surface area is 196 Å². The topological polar surface area (TPSA) is 91.3 Å². The Morgan fingerprint density at radius 3 is 2.67 bits per heavy atom. The Bertz CT molecular complexity index is 848. The van der Waals surface area contributed by atoms with Crippen LogP contribution in [0.3, 0.4) is 0 Å². The number of nitrogens with one attached hydrogen (secondary N) is 1. The van der Waals surface area contributed by atoms with Gasteiger partial charge < -0.3 is 19.9 Å². The van der Waals surface area contributed by atoms with Gasteiger partial charge in [0.15, 0.2) is 11.5 Å². The summed E-state index contributed by atoms with van der Waals surface area (Å²) in [5, 5.41) is 13.7. The number of phenolic OH excluding ortho intramolecular Hbond substituents is 1. The second-order valence-electron chi connectivity index (χ2n) is 9.45. The van der Waals surface area contributed by atoms with E-state index in [9.17, 15) is 14.7 Å². The van der Waals surface area contributed by atoms with Crippen LogP contribution in [0.25, 0.3) is 0 Å². The summed E-state index contributed by atoms with van der Waals surface area (Å²) in [5.41, 5.74) is 0.0312. The van der Waals surface area contributed by atoms with Gasteiger partial charge in [0.05, 0.1) is 19.3 Å². The van der Waals surface area contributed by atoms with E-state index in [4.69, 9.17) is 9.47 Å². The number of imide groups is 1. The molecule has 3 amide bonds. The summed E-state index contributed by atoms with van der Waals surface area (Å²) in [5.74, 6) is 0.734. The minimum atomic E-state index is -0.812. The highest BCUT2D eigenvalue weighted by Gasteiger charge is 2.55. The molecule has 2 N–H and O–H groups in total. The summed E-state index contributed by atoms with van der Waals surface area (Å²) in [4.78, 5) is 30.1. The van der Waals surface area contributed by atoms with Crippen LogP contribution < -0.4 is 10.1 Å². The molecule has 3 aliphatic heterocycles. The number of likely N-dealkylation sites (tertiary alicyclic amines) is 1. The van der Waals surface area contributed by atoms with Gasteiger partial charge in [-0.05, 0) is 64.1 Å². The molecule has 8 heteroatoms. The van der Waals surface area contributed by atoms with E-state index in [2.05, 4.69) is 17.1 Å². The van der Waals surface area contributed by atoms with Crippen molar-refractivity contribution in [2.75, 3.05) is 32.8 Å². The number of benzene rings is 1. The molecule has 3 fully saturated rings. The van der Waals surface area contributed by atoms with Crippen LogP contribution in [0, 0.1) is 5.92 Å². The number of hydrogen-bond acceptors (Lipinski definition) is 6. The van der Waals surface area contributed by atoms with Gasteiger partial charge in [-0.3, -0.25) is 14.6 Å². The molecule has 0 aliphatic carbocycles. The standard InChI is InChI=1S/C25H37N3O5/c1-3-12-25(23(30)28(24(31)26-25)17-20-8-6-15-33-20)19-10-13-27(14-11-19)16-18-7-5-9-21(22(18)29)32-4-2/h5,7,9,19-20,29H,3-4,6,8,10-17H2,1-2H3,(H,26,31)/t20-,25+/m0/s1. The van der Waals surface area contributed by atoms with Crippen LogP contribution in [-0.4, -0.2) is 71.3 Å². The molecule has 0 aromatic heterocycles. The van der Waals surface area contributed by atoms with Gasteiger partial charge >= 0.3 is 6.03 Å². The molecule has 182 valence electrons. The maximum absolute atomic E-state index is 13.6. The Morgan fingerprint density at radius 1 is 1.21 bits per heavy atom. The van der Waals surface area contributed by atoms with Crippen molar-refractivity contribution in [1.29, 1.82) is 0 Å². The maximum atomic E-state index is 13.6. The highest BCUT2D eigenvalue weighted by molar-refractivity contribution is 6.07. The number of rotatable bonds is 9. The van der Waals surface area contributed by atoms with E-state index in [1.54, 1.807) is 6.07 Å². The van der Waals surface area contributed by atoms with Crippen LogP contribution >= 0.6 is 0 Å². The first-order valence-electron chi connectivity index (χ1n) is 12.4. The lowest BCUT2D eigenvalue weighted by molar-refractivity contribution is -0.135. The fourth-order valence-corrected chi connectivity index (χ4v) is 5.64. The summed E-state index contributed by atoms with van der Waals surface area (Å²) in [6.45, 7) is 7.77. The third-order valence-corrected chi connectivity index (χ3v) is 7.32. The van der Waals surface area contributed by atoms with Crippen LogP contribution in [-0.2, 0) is 16.1 Å². The van der Waals surface area contributed by atoms with E-state index in [0.717, 1.165) is 50.8 Å². The lowest BCUT2D eigenvalue weighted by Gasteiger charge is -2.41. The van der Waals surface area contributed by atoms with E-state index in [1.165, 1.54) is 4.90 Å². The molecule has 3 heterocycles. The van der Waals surface area contributed by atoms with Crippen molar-refractivity contribution >= 4 is 11.9 Å². The van der Waals surface area contributed by atoms with Gasteiger partial charge in [-0.1, -0.05) is 25.5 Å². The number of ether oxygens (including phenoxy) is 2. The molecule has 4 rings (SSSR count). The van der Waals surface area contributed by atoms with E-state index < -0.39 is 5.54 Å². The highest BCUT2D eigenvalue weighted by atomic mass is 16.5. The first-order chi connectivity index (χ1) is 16.0. The van der Waals surface area contributed by atoms with Crippen LogP contribution in [0.1, 0.15) is 57.9 Å². The number of nitrogens with zero attached hydrogens (tertiary/aromatic N) is 2. The molecule has 8 nitrogen and oxygen atoms in total. The molecule has 2 atom stereocenters. The van der Waals surface area contributed by atoms with Crippen molar-refractivity contribution in [2.24, 2.45) is 5.92 Å². The summed E-state index contributed by atoms with van der Waals surface area (Å²) in [6, 6.07) is 5.33. The molecule has 0 radical (unpaired) electrons. The molecule has 33 heavy (non-hydrogen) atoms. The van der Waals surface area contributed by atoms with Gasteiger partial charge in [-0.25, -0.2) is 4.79 Å². The van der Waals surface area contributed by atoms with Gasteiger partial charge in [0.1, 0.15) is 5.54 Å². The van der Waals surface area contributed by atoms with Crippen molar-refractivity contribution in [3.05, 3.63) is 23.8 Å². The van der Waals surface area contributed by atoms with Crippen LogP contribution in [0.2, 0.25) is 0 Å². The Morgan fingerprint density at radius 2 is 2.00 bits per heavy atom. The zero-order valence-electron chi connectivity index (χ0n) is 19.8. The average molecular weight is 460 g/mol. The van der Waals surface area contributed by atoms with Crippen molar-refractivity contribution in [3.63, 3.8) is 0 Å². The number of carbonyl (C=O) groups excluding carboxylic acids is 2. The number of carbonyl (C=O) groups is 2. The monoisotopic (exact) mass is 459 g/mol. The molecule has 0 unspecified atom stereocenters. The van der Waals surface area contributed by atoms with E-state index >= 15 is 0 Å². The minimum Gasteiger partial charge on any atom is -0.504 e. The van der Waals surface area contributed by atoms with Gasteiger partial charge in [-0.15, -0.1) is 0 Å². The fourth-order valence-electron chi connectivity index (χ4n) is 5.64. The zero-order chi connectivity index (χ0) is 23.4. The van der Waals surface area contributed by atoms with Gasteiger partial charge in [0.2, 0.25) is 0 Å². The highest BCUT2D eigenvalue weighted by Crippen LogP contribution is 2.38. The molecule has 1 aromatic rings. The smallest absolute Gasteiger partial charge is 0.325 e. The van der Waals surface area contributed by atoms with Crippen LogP contribution in [0.4, 0.5) is 4.79 Å². The maximum Gasteiger partial charge on any atom is 0.325 e. The first kappa shape index (κ1) is 23.8. The fraction of sp³-hybridized carbons (Fsp3) is 0.680. The third kappa shape index (κ3) is 4.82. The average Bonchev–Trinajstić information content (AvgIpc) is 3.40. The Balaban J connectivity index is 1.41. The number of aromatic hydroxyl groups is 1. The van der Waals surface area contributed by atoms with Crippen molar-refractivity contribution in [2.45, 2.75) is 70.6 Å². The van der Waals surface area contributed by atoms with Crippen molar-refractivity contribution < 1.29 is 24.2 Å². The molecule has 0 saturated carbocycles. The normalized spacial score (nSPS) is 26.7. The summed E-state index contributed by atoms with van der Waals surface area (Å²) in [6.07, 6.45) is 4.97. The molecule has 0 spiro atoms. The predicted octanol–water partition coefficient (Wildman–Crippen LogP) is 3.27. The number of urea groups is 1.